The van der Waals surface area contributed by atoms with Crippen LogP contribution < -0.4 is 4.90 Å². The van der Waals surface area contributed by atoms with E-state index in [9.17, 15) is 0 Å². The van der Waals surface area contributed by atoms with Crippen molar-refractivity contribution < 1.29 is 0 Å². The van der Waals surface area contributed by atoms with E-state index in [-0.39, 0.29) is 0 Å². The quantitative estimate of drug-likeness (QED) is 0.837. The zero-order chi connectivity index (χ0) is 17.1. The fourth-order valence-electron chi connectivity index (χ4n) is 4.41. The predicted molar refractivity (Wildman–Crippen MR) is 98.3 cm³/mol. The molecule has 1 atom stereocenters. The first kappa shape index (κ1) is 16.5. The lowest BCUT2D eigenvalue weighted by Gasteiger charge is -2.34. The normalized spacial score (nSPS) is 22.6. The third-order valence-electron chi connectivity index (χ3n) is 5.87. The highest BCUT2D eigenvalue weighted by molar-refractivity contribution is 5.28. The summed E-state index contributed by atoms with van der Waals surface area (Å²) < 4.78 is 2.26. The van der Waals surface area contributed by atoms with E-state index < -0.39 is 0 Å². The Balaban J connectivity index is 1.28. The first-order valence-electron chi connectivity index (χ1n) is 9.57. The Morgan fingerprint density at radius 3 is 2.56 bits per heavy atom. The number of aryl methyl sites for hydroxylation is 1. The van der Waals surface area contributed by atoms with Crippen LogP contribution in [0, 0.1) is 11.8 Å². The van der Waals surface area contributed by atoms with Gasteiger partial charge in [0, 0.05) is 51.3 Å². The Morgan fingerprint density at radius 1 is 1.04 bits per heavy atom. The molecule has 2 aromatic heterocycles. The van der Waals surface area contributed by atoms with Crippen molar-refractivity contribution in [1.82, 2.24) is 24.4 Å². The predicted octanol–water partition coefficient (Wildman–Crippen LogP) is 2.43. The lowest BCUT2D eigenvalue weighted by Crippen LogP contribution is -2.37. The van der Waals surface area contributed by atoms with Crippen molar-refractivity contribution in [2.75, 3.05) is 31.1 Å². The highest BCUT2D eigenvalue weighted by Gasteiger charge is 2.32. The van der Waals surface area contributed by atoms with Crippen LogP contribution in [0.15, 0.2) is 31.0 Å². The average molecular weight is 340 g/mol. The maximum atomic E-state index is 4.39. The number of anilines is 1. The number of imidazole rings is 1. The molecule has 4 heterocycles. The lowest BCUT2D eigenvalue weighted by molar-refractivity contribution is 0.249. The molecule has 25 heavy (non-hydrogen) atoms. The molecule has 6 heteroatoms. The second kappa shape index (κ2) is 7.52. The summed E-state index contributed by atoms with van der Waals surface area (Å²) in [6, 6.07) is 1.88. The van der Waals surface area contributed by atoms with E-state index in [2.05, 4.69) is 36.2 Å². The van der Waals surface area contributed by atoms with Crippen LogP contribution in [0.25, 0.3) is 0 Å². The Bertz CT molecular complexity index is 662. The number of hydrogen-bond donors (Lipinski definition) is 0. The number of aromatic nitrogens is 4. The number of nitrogens with zero attached hydrogens (tertiary/aromatic N) is 6. The van der Waals surface area contributed by atoms with Crippen molar-refractivity contribution in [2.45, 2.75) is 39.3 Å². The first-order chi connectivity index (χ1) is 12.3. The number of likely N-dealkylation sites (tertiary alicyclic amines) is 1. The maximum Gasteiger partial charge on any atom is 0.225 e. The monoisotopic (exact) mass is 340 g/mol. The van der Waals surface area contributed by atoms with Gasteiger partial charge in [-0.25, -0.2) is 15.0 Å². The highest BCUT2D eigenvalue weighted by Crippen LogP contribution is 2.33. The minimum Gasteiger partial charge on any atom is -0.341 e. The molecule has 0 amide bonds. The molecule has 134 valence electrons. The number of hydrogen-bond acceptors (Lipinski definition) is 5. The van der Waals surface area contributed by atoms with Crippen LogP contribution >= 0.6 is 0 Å². The zero-order valence-corrected chi connectivity index (χ0v) is 15.1. The molecule has 0 N–H and O–H groups in total. The maximum absolute atomic E-state index is 4.39. The molecule has 0 bridgehead atoms. The van der Waals surface area contributed by atoms with Gasteiger partial charge < -0.3 is 9.47 Å². The van der Waals surface area contributed by atoms with E-state index in [4.69, 9.17) is 0 Å². The first-order valence-corrected chi connectivity index (χ1v) is 9.57. The number of piperidine rings is 1. The molecule has 0 spiro atoms. The fourth-order valence-corrected chi connectivity index (χ4v) is 4.41. The minimum atomic E-state index is 0.844. The average Bonchev–Trinajstić information content (AvgIpc) is 3.32. The summed E-state index contributed by atoms with van der Waals surface area (Å²) in [4.78, 5) is 18.0. The summed E-state index contributed by atoms with van der Waals surface area (Å²) >= 11 is 0. The van der Waals surface area contributed by atoms with Gasteiger partial charge in [-0.2, -0.15) is 0 Å². The third-order valence-corrected chi connectivity index (χ3v) is 5.87. The molecule has 0 aliphatic carbocycles. The highest BCUT2D eigenvalue weighted by atomic mass is 15.2. The van der Waals surface area contributed by atoms with Gasteiger partial charge in [0.2, 0.25) is 5.95 Å². The molecule has 0 saturated carbocycles. The van der Waals surface area contributed by atoms with Crippen LogP contribution in [0.2, 0.25) is 0 Å². The van der Waals surface area contributed by atoms with E-state index in [1.54, 1.807) is 0 Å². The van der Waals surface area contributed by atoms with E-state index in [1.807, 2.05) is 31.0 Å². The second-order valence-corrected chi connectivity index (χ2v) is 7.33. The molecular formula is C19H28N6. The van der Waals surface area contributed by atoms with Gasteiger partial charge in [-0.05, 0) is 50.6 Å². The Kier molecular flexibility index (Phi) is 4.97. The summed E-state index contributed by atoms with van der Waals surface area (Å²) in [7, 11) is 0. The zero-order valence-electron chi connectivity index (χ0n) is 15.1. The SMILES string of the molecule is CCn1cncc1CN1CC[C@H](C2CCN(c3ncccn3)CC2)C1. The topological polar surface area (TPSA) is 50.1 Å². The smallest absolute Gasteiger partial charge is 0.225 e. The molecule has 2 aromatic rings. The van der Waals surface area contributed by atoms with Crippen molar-refractivity contribution in [1.29, 1.82) is 0 Å². The van der Waals surface area contributed by atoms with Crippen LogP contribution in [0.1, 0.15) is 31.9 Å². The molecule has 2 aliphatic heterocycles. The van der Waals surface area contributed by atoms with Crippen LogP contribution in [0.5, 0.6) is 0 Å². The Morgan fingerprint density at radius 2 is 1.80 bits per heavy atom. The summed E-state index contributed by atoms with van der Waals surface area (Å²) in [5, 5.41) is 0. The van der Waals surface area contributed by atoms with Crippen molar-refractivity contribution in [3.63, 3.8) is 0 Å². The molecule has 2 saturated heterocycles. The van der Waals surface area contributed by atoms with Crippen LogP contribution in [-0.2, 0) is 13.1 Å². The molecule has 0 unspecified atom stereocenters. The van der Waals surface area contributed by atoms with Gasteiger partial charge in [0.25, 0.3) is 0 Å². The van der Waals surface area contributed by atoms with E-state index >= 15 is 0 Å². The van der Waals surface area contributed by atoms with Gasteiger partial charge >= 0.3 is 0 Å². The third kappa shape index (κ3) is 3.68. The molecular weight excluding hydrogens is 312 g/mol. The van der Waals surface area contributed by atoms with Gasteiger partial charge in [0.15, 0.2) is 0 Å². The summed E-state index contributed by atoms with van der Waals surface area (Å²) in [5.41, 5.74) is 1.35. The second-order valence-electron chi connectivity index (χ2n) is 7.33. The van der Waals surface area contributed by atoms with Gasteiger partial charge in [0.1, 0.15) is 0 Å². The minimum absolute atomic E-state index is 0.844. The fraction of sp³-hybridized carbons (Fsp3) is 0.632. The molecule has 2 fully saturated rings. The molecule has 4 rings (SSSR count). The van der Waals surface area contributed by atoms with E-state index in [0.717, 1.165) is 44.0 Å². The summed E-state index contributed by atoms with van der Waals surface area (Å²) in [6.07, 6.45) is 11.5. The van der Waals surface area contributed by atoms with Crippen LogP contribution in [0.3, 0.4) is 0 Å². The molecule has 2 aliphatic rings. The lowest BCUT2D eigenvalue weighted by atomic mass is 9.84. The van der Waals surface area contributed by atoms with E-state index in [1.165, 1.54) is 38.0 Å². The van der Waals surface area contributed by atoms with Gasteiger partial charge in [-0.3, -0.25) is 4.90 Å². The van der Waals surface area contributed by atoms with Crippen molar-refractivity contribution >= 4 is 5.95 Å². The van der Waals surface area contributed by atoms with Gasteiger partial charge in [-0.15, -0.1) is 0 Å². The van der Waals surface area contributed by atoms with Crippen molar-refractivity contribution in [3.8, 4) is 0 Å². The molecule has 6 nitrogen and oxygen atoms in total. The standard InChI is InChI=1S/C19H28N6/c1-2-24-15-20-12-18(24)14-23-9-4-17(13-23)16-5-10-25(11-6-16)19-21-7-3-8-22-19/h3,7-8,12,15-17H,2,4-6,9-11,13-14H2,1H3/t17-/m0/s1. The molecule has 0 aromatic carbocycles. The van der Waals surface area contributed by atoms with Crippen molar-refractivity contribution in [2.24, 2.45) is 11.8 Å². The Labute approximate surface area is 149 Å². The summed E-state index contributed by atoms with van der Waals surface area (Å²) in [5.74, 6) is 2.58. The van der Waals surface area contributed by atoms with Crippen molar-refractivity contribution in [3.05, 3.63) is 36.7 Å². The van der Waals surface area contributed by atoms with Crippen LogP contribution in [0.4, 0.5) is 5.95 Å². The Hall–Kier alpha value is -1.95. The number of rotatable bonds is 5. The van der Waals surface area contributed by atoms with Gasteiger partial charge in [0.05, 0.1) is 12.0 Å². The summed E-state index contributed by atoms with van der Waals surface area (Å²) in [6.45, 7) is 8.88. The van der Waals surface area contributed by atoms with E-state index in [0.29, 0.717) is 0 Å². The molecule has 0 radical (unpaired) electrons. The largest absolute Gasteiger partial charge is 0.341 e. The van der Waals surface area contributed by atoms with Crippen LogP contribution in [-0.4, -0.2) is 50.6 Å². The van der Waals surface area contributed by atoms with Gasteiger partial charge in [-0.1, -0.05) is 0 Å².